The number of aryl methyl sites for hydroxylation is 2. The number of carbonyl (C=O) groups is 1. The Morgan fingerprint density at radius 3 is 2.80 bits per heavy atom. The number of rotatable bonds is 2. The predicted molar refractivity (Wildman–Crippen MR) is 56.1 cm³/mol. The highest BCUT2D eigenvalue weighted by Gasteiger charge is 2.18. The summed E-state index contributed by atoms with van der Waals surface area (Å²) in [5.74, 6) is -1.03. The predicted octanol–water partition coefficient (Wildman–Crippen LogP) is 1.85. The summed E-state index contributed by atoms with van der Waals surface area (Å²) in [5, 5.41) is 9.83. The van der Waals surface area contributed by atoms with Gasteiger partial charge in [0, 0.05) is 0 Å². The molecule has 2 heterocycles. The lowest BCUT2D eigenvalue weighted by Gasteiger charge is -1.95. The number of thiazole rings is 1. The summed E-state index contributed by atoms with van der Waals surface area (Å²) < 4.78 is 0. The number of imidazole rings is 1. The molecule has 6 heteroatoms. The van der Waals surface area contributed by atoms with Crippen LogP contribution in [0.25, 0.3) is 10.6 Å². The van der Waals surface area contributed by atoms with Gasteiger partial charge in [-0.3, -0.25) is 0 Å². The van der Waals surface area contributed by atoms with Gasteiger partial charge in [0.15, 0.2) is 5.69 Å². The molecule has 0 bridgehead atoms. The molecule has 0 radical (unpaired) electrons. The standard InChI is InChI=1S/C9H9N3O2S/c1-4-8(15-5(2)12-4)6-7(9(13)14)11-3-10-6/h3H,1-2H3,(H,10,11)(H,13,14). The van der Waals surface area contributed by atoms with E-state index in [0.717, 1.165) is 15.6 Å². The molecule has 0 spiro atoms. The van der Waals surface area contributed by atoms with Crippen molar-refractivity contribution in [1.29, 1.82) is 0 Å². The highest BCUT2D eigenvalue weighted by molar-refractivity contribution is 7.15. The lowest BCUT2D eigenvalue weighted by Crippen LogP contribution is -1.98. The molecule has 15 heavy (non-hydrogen) atoms. The molecule has 0 saturated heterocycles. The second kappa shape index (κ2) is 3.47. The number of aromatic nitrogens is 3. The number of nitrogens with one attached hydrogen (secondary N) is 1. The van der Waals surface area contributed by atoms with Gasteiger partial charge in [-0.05, 0) is 13.8 Å². The maximum Gasteiger partial charge on any atom is 0.356 e. The fourth-order valence-corrected chi connectivity index (χ4v) is 2.32. The van der Waals surface area contributed by atoms with E-state index in [-0.39, 0.29) is 5.69 Å². The summed E-state index contributed by atoms with van der Waals surface area (Å²) in [4.78, 5) is 22.6. The lowest BCUT2D eigenvalue weighted by atomic mass is 10.2. The number of carboxylic acid groups (broad SMARTS) is 1. The van der Waals surface area contributed by atoms with Gasteiger partial charge in [0.1, 0.15) is 0 Å². The Labute approximate surface area is 89.8 Å². The number of aromatic amines is 1. The average Bonchev–Trinajstić information content (AvgIpc) is 2.71. The molecule has 0 aliphatic carbocycles. The fraction of sp³-hybridized carbons (Fsp3) is 0.222. The molecule has 0 unspecified atom stereocenters. The molecular formula is C9H9N3O2S. The number of carboxylic acids is 1. The molecule has 0 atom stereocenters. The summed E-state index contributed by atoms with van der Waals surface area (Å²) in [5.41, 5.74) is 1.40. The molecule has 2 rings (SSSR count). The molecule has 0 aliphatic heterocycles. The second-order valence-electron chi connectivity index (χ2n) is 3.08. The fourth-order valence-electron chi connectivity index (χ4n) is 1.39. The second-order valence-corrected chi connectivity index (χ2v) is 4.28. The first-order chi connectivity index (χ1) is 7.09. The van der Waals surface area contributed by atoms with E-state index in [1.165, 1.54) is 17.7 Å². The van der Waals surface area contributed by atoms with E-state index in [2.05, 4.69) is 15.0 Å². The maximum absolute atomic E-state index is 10.9. The van der Waals surface area contributed by atoms with Crippen LogP contribution in [0, 0.1) is 13.8 Å². The molecule has 0 aliphatic rings. The quantitative estimate of drug-likeness (QED) is 0.814. The number of H-pyrrole nitrogens is 1. The van der Waals surface area contributed by atoms with E-state index in [0.29, 0.717) is 5.69 Å². The van der Waals surface area contributed by atoms with Crippen molar-refractivity contribution in [2.75, 3.05) is 0 Å². The topological polar surface area (TPSA) is 78.9 Å². The van der Waals surface area contributed by atoms with Crippen LogP contribution in [-0.4, -0.2) is 26.0 Å². The Balaban J connectivity index is 2.58. The van der Waals surface area contributed by atoms with Crippen molar-refractivity contribution >= 4 is 17.3 Å². The van der Waals surface area contributed by atoms with E-state index < -0.39 is 5.97 Å². The summed E-state index contributed by atoms with van der Waals surface area (Å²) in [6.07, 6.45) is 1.38. The minimum Gasteiger partial charge on any atom is -0.476 e. The minimum absolute atomic E-state index is 0.0433. The molecule has 0 saturated carbocycles. The van der Waals surface area contributed by atoms with Crippen LogP contribution in [0.5, 0.6) is 0 Å². The third-order valence-corrected chi connectivity index (χ3v) is 3.06. The van der Waals surface area contributed by atoms with Gasteiger partial charge in [-0.15, -0.1) is 11.3 Å². The van der Waals surface area contributed by atoms with Gasteiger partial charge in [0.25, 0.3) is 0 Å². The van der Waals surface area contributed by atoms with Gasteiger partial charge in [-0.2, -0.15) is 0 Å². The molecule has 0 fully saturated rings. The number of aromatic carboxylic acids is 1. The normalized spacial score (nSPS) is 10.5. The van der Waals surface area contributed by atoms with Crippen LogP contribution in [-0.2, 0) is 0 Å². The average molecular weight is 223 g/mol. The van der Waals surface area contributed by atoms with Crippen molar-refractivity contribution in [3.8, 4) is 10.6 Å². The van der Waals surface area contributed by atoms with Gasteiger partial charge < -0.3 is 10.1 Å². The zero-order chi connectivity index (χ0) is 11.0. The molecule has 2 aromatic rings. The molecule has 78 valence electrons. The monoisotopic (exact) mass is 223 g/mol. The van der Waals surface area contributed by atoms with Crippen LogP contribution in [0.3, 0.4) is 0 Å². The van der Waals surface area contributed by atoms with Crippen molar-refractivity contribution in [1.82, 2.24) is 15.0 Å². The number of hydrogen-bond acceptors (Lipinski definition) is 4. The molecular weight excluding hydrogens is 214 g/mol. The van der Waals surface area contributed by atoms with Crippen molar-refractivity contribution in [2.45, 2.75) is 13.8 Å². The Hall–Kier alpha value is -1.69. The lowest BCUT2D eigenvalue weighted by molar-refractivity contribution is 0.0692. The third-order valence-electron chi connectivity index (χ3n) is 1.97. The van der Waals surface area contributed by atoms with Crippen LogP contribution in [0.2, 0.25) is 0 Å². The molecule has 2 aromatic heterocycles. The van der Waals surface area contributed by atoms with Crippen molar-refractivity contribution < 1.29 is 9.90 Å². The van der Waals surface area contributed by atoms with Crippen molar-refractivity contribution in [3.05, 3.63) is 22.7 Å². The first-order valence-electron chi connectivity index (χ1n) is 4.30. The first-order valence-corrected chi connectivity index (χ1v) is 5.12. The van der Waals surface area contributed by atoms with E-state index in [1.54, 1.807) is 0 Å². The van der Waals surface area contributed by atoms with Crippen LogP contribution in [0.1, 0.15) is 21.2 Å². The highest BCUT2D eigenvalue weighted by atomic mass is 32.1. The van der Waals surface area contributed by atoms with Gasteiger partial charge in [0.2, 0.25) is 0 Å². The number of nitrogens with zero attached hydrogens (tertiary/aromatic N) is 2. The zero-order valence-electron chi connectivity index (χ0n) is 8.24. The van der Waals surface area contributed by atoms with E-state index in [9.17, 15) is 4.79 Å². The smallest absolute Gasteiger partial charge is 0.356 e. The minimum atomic E-state index is -1.03. The molecule has 5 nitrogen and oxygen atoms in total. The SMILES string of the molecule is Cc1nc(C)c(-c2[nH]cnc2C(=O)O)s1. The number of hydrogen-bond donors (Lipinski definition) is 2. The van der Waals surface area contributed by atoms with E-state index in [4.69, 9.17) is 5.11 Å². The zero-order valence-corrected chi connectivity index (χ0v) is 9.05. The Bertz CT molecular complexity index is 515. The highest BCUT2D eigenvalue weighted by Crippen LogP contribution is 2.29. The van der Waals surface area contributed by atoms with Gasteiger partial charge in [0.05, 0.1) is 27.6 Å². The van der Waals surface area contributed by atoms with Crippen LogP contribution in [0.4, 0.5) is 0 Å². The van der Waals surface area contributed by atoms with E-state index in [1.807, 2.05) is 13.8 Å². The summed E-state index contributed by atoms with van der Waals surface area (Å²) in [6, 6.07) is 0. The maximum atomic E-state index is 10.9. The summed E-state index contributed by atoms with van der Waals surface area (Å²) >= 11 is 1.46. The Morgan fingerprint density at radius 2 is 2.27 bits per heavy atom. The summed E-state index contributed by atoms with van der Waals surface area (Å²) in [6.45, 7) is 3.74. The first kappa shape index (κ1) is 9.85. The van der Waals surface area contributed by atoms with Crippen LogP contribution >= 0.6 is 11.3 Å². The van der Waals surface area contributed by atoms with Gasteiger partial charge >= 0.3 is 5.97 Å². The van der Waals surface area contributed by atoms with Gasteiger partial charge in [-0.1, -0.05) is 0 Å². The van der Waals surface area contributed by atoms with Crippen LogP contribution in [0.15, 0.2) is 6.33 Å². The van der Waals surface area contributed by atoms with Crippen molar-refractivity contribution in [3.63, 3.8) is 0 Å². The largest absolute Gasteiger partial charge is 0.476 e. The van der Waals surface area contributed by atoms with Gasteiger partial charge in [-0.25, -0.2) is 14.8 Å². The Morgan fingerprint density at radius 1 is 1.53 bits per heavy atom. The van der Waals surface area contributed by atoms with Crippen molar-refractivity contribution in [2.24, 2.45) is 0 Å². The third kappa shape index (κ3) is 1.63. The van der Waals surface area contributed by atoms with Crippen LogP contribution < -0.4 is 0 Å². The molecule has 2 N–H and O–H groups in total. The van der Waals surface area contributed by atoms with E-state index >= 15 is 0 Å². The molecule has 0 amide bonds. The Kier molecular flexibility index (Phi) is 2.28. The summed E-state index contributed by atoms with van der Waals surface area (Å²) in [7, 11) is 0. The molecule has 0 aromatic carbocycles.